The van der Waals surface area contributed by atoms with Gasteiger partial charge >= 0.3 is 0 Å². The van der Waals surface area contributed by atoms with Gasteiger partial charge in [0.15, 0.2) is 0 Å². The van der Waals surface area contributed by atoms with E-state index in [2.05, 4.69) is 51.2 Å². The summed E-state index contributed by atoms with van der Waals surface area (Å²) in [4.78, 5) is 0. The third-order valence-electron chi connectivity index (χ3n) is 4.74. The highest BCUT2D eigenvalue weighted by atomic mass is 16.5. The van der Waals surface area contributed by atoms with E-state index in [1.807, 2.05) is 0 Å². The Bertz CT molecular complexity index is 449. The van der Waals surface area contributed by atoms with Crippen molar-refractivity contribution in [2.75, 3.05) is 13.2 Å². The molecule has 1 aromatic rings. The largest absolute Gasteiger partial charge is 0.373 e. The minimum absolute atomic E-state index is 0.00998. The van der Waals surface area contributed by atoms with E-state index in [1.165, 1.54) is 42.4 Å². The van der Waals surface area contributed by atoms with Crippen LogP contribution in [-0.2, 0) is 4.74 Å². The molecule has 1 aliphatic carbocycles. The Morgan fingerprint density at radius 1 is 1.19 bits per heavy atom. The fraction of sp³-hybridized carbons (Fsp3) is 0.684. The first kappa shape index (κ1) is 16.5. The monoisotopic (exact) mass is 289 g/mol. The van der Waals surface area contributed by atoms with Gasteiger partial charge in [-0.25, -0.2) is 0 Å². The molecule has 0 bridgehead atoms. The number of rotatable bonds is 7. The highest BCUT2D eigenvalue weighted by Gasteiger charge is 2.43. The van der Waals surface area contributed by atoms with Gasteiger partial charge in [-0.3, -0.25) is 0 Å². The molecule has 0 saturated heterocycles. The molecule has 1 aromatic carbocycles. The van der Waals surface area contributed by atoms with Crippen molar-refractivity contribution in [2.45, 2.75) is 71.4 Å². The lowest BCUT2D eigenvalue weighted by Crippen LogP contribution is -2.45. The van der Waals surface area contributed by atoms with E-state index in [0.29, 0.717) is 6.04 Å². The average Bonchev–Trinajstić information content (AvgIpc) is 2.91. The first-order chi connectivity index (χ1) is 10.1. The molecule has 1 unspecified atom stereocenters. The summed E-state index contributed by atoms with van der Waals surface area (Å²) in [6.07, 6.45) is 6.08. The zero-order chi connectivity index (χ0) is 15.3. The molecule has 1 saturated carbocycles. The van der Waals surface area contributed by atoms with E-state index in [-0.39, 0.29) is 5.60 Å². The SMILES string of the molecule is CCCNC(c1ccc(C)cc1C)C1(OCC)CCCC1. The predicted octanol–water partition coefficient (Wildman–Crippen LogP) is 4.69. The molecule has 1 atom stereocenters. The van der Waals surface area contributed by atoms with Gasteiger partial charge in [0.2, 0.25) is 0 Å². The van der Waals surface area contributed by atoms with E-state index in [1.54, 1.807) is 0 Å². The summed E-state index contributed by atoms with van der Waals surface area (Å²) in [5.41, 5.74) is 4.13. The topological polar surface area (TPSA) is 21.3 Å². The quantitative estimate of drug-likeness (QED) is 0.786. The maximum atomic E-state index is 6.33. The van der Waals surface area contributed by atoms with Crippen LogP contribution in [0.5, 0.6) is 0 Å². The summed E-state index contributed by atoms with van der Waals surface area (Å²) in [7, 11) is 0. The predicted molar refractivity (Wildman–Crippen MR) is 89.8 cm³/mol. The second-order valence-corrected chi connectivity index (χ2v) is 6.45. The Hall–Kier alpha value is -0.860. The van der Waals surface area contributed by atoms with Gasteiger partial charge in [0.1, 0.15) is 0 Å². The van der Waals surface area contributed by atoms with Gasteiger partial charge in [-0.05, 0) is 57.7 Å². The van der Waals surface area contributed by atoms with Crippen molar-refractivity contribution >= 4 is 0 Å². The second kappa shape index (κ2) is 7.42. The highest BCUT2D eigenvalue weighted by molar-refractivity contribution is 5.35. The van der Waals surface area contributed by atoms with Gasteiger partial charge in [0.25, 0.3) is 0 Å². The van der Waals surface area contributed by atoms with Crippen molar-refractivity contribution in [3.05, 3.63) is 34.9 Å². The molecule has 0 aliphatic heterocycles. The summed E-state index contributed by atoms with van der Waals surface area (Å²) in [6.45, 7) is 10.6. The number of nitrogens with one attached hydrogen (secondary N) is 1. The maximum absolute atomic E-state index is 6.33. The zero-order valence-corrected chi connectivity index (χ0v) is 14.2. The molecule has 2 rings (SSSR count). The molecule has 0 amide bonds. The van der Waals surface area contributed by atoms with Crippen molar-refractivity contribution < 1.29 is 4.74 Å². The lowest BCUT2D eigenvalue weighted by molar-refractivity contribution is -0.0627. The third-order valence-corrected chi connectivity index (χ3v) is 4.74. The van der Waals surface area contributed by atoms with Crippen LogP contribution in [0.4, 0.5) is 0 Å². The highest BCUT2D eigenvalue weighted by Crippen LogP contribution is 2.43. The molecular formula is C19H31NO. The molecule has 0 radical (unpaired) electrons. The van der Waals surface area contributed by atoms with Gasteiger partial charge in [-0.2, -0.15) is 0 Å². The van der Waals surface area contributed by atoms with E-state index < -0.39 is 0 Å². The molecule has 0 aromatic heterocycles. The van der Waals surface area contributed by atoms with Crippen LogP contribution in [0, 0.1) is 13.8 Å². The molecule has 2 nitrogen and oxygen atoms in total. The Balaban J connectivity index is 2.36. The molecule has 2 heteroatoms. The maximum Gasteiger partial charge on any atom is 0.0876 e. The molecule has 118 valence electrons. The van der Waals surface area contributed by atoms with Crippen LogP contribution in [0.25, 0.3) is 0 Å². The van der Waals surface area contributed by atoms with Crippen molar-refractivity contribution in [2.24, 2.45) is 0 Å². The van der Waals surface area contributed by atoms with E-state index in [4.69, 9.17) is 4.74 Å². The Kier molecular flexibility index (Phi) is 5.83. The summed E-state index contributed by atoms with van der Waals surface area (Å²) in [6, 6.07) is 7.15. The summed E-state index contributed by atoms with van der Waals surface area (Å²) in [5, 5.41) is 3.79. The molecular weight excluding hydrogens is 258 g/mol. The summed E-state index contributed by atoms with van der Waals surface area (Å²) < 4.78 is 6.33. The van der Waals surface area contributed by atoms with Crippen LogP contribution in [-0.4, -0.2) is 18.8 Å². The van der Waals surface area contributed by atoms with E-state index in [9.17, 15) is 0 Å². The third kappa shape index (κ3) is 3.67. The zero-order valence-electron chi connectivity index (χ0n) is 14.2. The van der Waals surface area contributed by atoms with E-state index >= 15 is 0 Å². The number of benzene rings is 1. The van der Waals surface area contributed by atoms with Crippen LogP contribution < -0.4 is 5.32 Å². The minimum atomic E-state index is -0.00998. The molecule has 1 fully saturated rings. The van der Waals surface area contributed by atoms with Crippen LogP contribution in [0.3, 0.4) is 0 Å². The normalized spacial score (nSPS) is 18.9. The minimum Gasteiger partial charge on any atom is -0.373 e. The van der Waals surface area contributed by atoms with Gasteiger partial charge < -0.3 is 10.1 Å². The van der Waals surface area contributed by atoms with Crippen molar-refractivity contribution in [1.29, 1.82) is 0 Å². The van der Waals surface area contributed by atoms with Crippen molar-refractivity contribution in [1.82, 2.24) is 5.32 Å². The van der Waals surface area contributed by atoms with Crippen LogP contribution in [0.15, 0.2) is 18.2 Å². The number of hydrogen-bond donors (Lipinski definition) is 1. The van der Waals surface area contributed by atoms with Crippen molar-refractivity contribution in [3.63, 3.8) is 0 Å². The lowest BCUT2D eigenvalue weighted by atomic mass is 9.84. The van der Waals surface area contributed by atoms with Crippen LogP contribution >= 0.6 is 0 Å². The molecule has 0 spiro atoms. The Labute approximate surface area is 130 Å². The Morgan fingerprint density at radius 2 is 1.90 bits per heavy atom. The number of hydrogen-bond acceptors (Lipinski definition) is 2. The molecule has 21 heavy (non-hydrogen) atoms. The fourth-order valence-corrected chi connectivity index (χ4v) is 3.79. The fourth-order valence-electron chi connectivity index (χ4n) is 3.79. The van der Waals surface area contributed by atoms with Gasteiger partial charge in [-0.1, -0.05) is 43.5 Å². The number of ether oxygens (including phenoxy) is 1. The average molecular weight is 289 g/mol. The van der Waals surface area contributed by atoms with Crippen LogP contribution in [0.1, 0.15) is 68.7 Å². The molecule has 1 N–H and O–H groups in total. The summed E-state index contributed by atoms with van der Waals surface area (Å²) in [5.74, 6) is 0. The standard InChI is InChI=1S/C19H31NO/c1-5-13-20-18(17-10-9-15(3)14-16(17)4)19(21-6-2)11-7-8-12-19/h9-10,14,18,20H,5-8,11-13H2,1-4H3. The molecule has 0 heterocycles. The Morgan fingerprint density at radius 3 is 2.48 bits per heavy atom. The first-order valence-electron chi connectivity index (χ1n) is 8.57. The first-order valence-corrected chi connectivity index (χ1v) is 8.57. The van der Waals surface area contributed by atoms with Crippen LogP contribution in [0.2, 0.25) is 0 Å². The lowest BCUT2D eigenvalue weighted by Gasteiger charge is -2.39. The van der Waals surface area contributed by atoms with Crippen molar-refractivity contribution in [3.8, 4) is 0 Å². The molecule has 1 aliphatic rings. The summed E-state index contributed by atoms with van der Waals surface area (Å²) >= 11 is 0. The van der Waals surface area contributed by atoms with Gasteiger partial charge in [0, 0.05) is 6.61 Å². The van der Waals surface area contributed by atoms with E-state index in [0.717, 1.165) is 19.6 Å². The smallest absolute Gasteiger partial charge is 0.0876 e. The van der Waals surface area contributed by atoms with Gasteiger partial charge in [0.05, 0.1) is 11.6 Å². The van der Waals surface area contributed by atoms with Gasteiger partial charge in [-0.15, -0.1) is 0 Å². The number of aryl methyl sites for hydroxylation is 2. The second-order valence-electron chi connectivity index (χ2n) is 6.45.